The van der Waals surface area contributed by atoms with Gasteiger partial charge in [0.1, 0.15) is 11.3 Å². The van der Waals surface area contributed by atoms with E-state index < -0.39 is 0 Å². The molecule has 0 atom stereocenters. The van der Waals surface area contributed by atoms with Crippen molar-refractivity contribution in [2.75, 3.05) is 25.7 Å². The Labute approximate surface area is 150 Å². The number of rotatable bonds is 2. The fourth-order valence-corrected chi connectivity index (χ4v) is 3.40. The average molecular weight is 357 g/mol. The van der Waals surface area contributed by atoms with E-state index in [1.807, 2.05) is 30.3 Å². The molecular weight excluding hydrogens is 340 g/mol. The highest BCUT2D eigenvalue weighted by Crippen LogP contribution is 2.28. The molecule has 0 saturated heterocycles. The predicted molar refractivity (Wildman–Crippen MR) is 96.3 cm³/mol. The molecule has 1 aliphatic heterocycles. The quantitative estimate of drug-likeness (QED) is 0.708. The lowest BCUT2D eigenvalue weighted by molar-refractivity contribution is 0.0732. The minimum Gasteiger partial charge on any atom is -0.494 e. The van der Waals surface area contributed by atoms with Gasteiger partial charge in [-0.2, -0.15) is 5.10 Å². The van der Waals surface area contributed by atoms with E-state index in [4.69, 9.17) is 16.3 Å². The van der Waals surface area contributed by atoms with Gasteiger partial charge in [-0.25, -0.2) is 9.52 Å². The van der Waals surface area contributed by atoms with Crippen molar-refractivity contribution in [2.45, 2.75) is 6.42 Å². The van der Waals surface area contributed by atoms with E-state index in [1.165, 1.54) is 5.56 Å². The molecule has 25 heavy (non-hydrogen) atoms. The van der Waals surface area contributed by atoms with Crippen molar-refractivity contribution in [2.24, 2.45) is 0 Å². The number of nitrogens with zero attached hydrogens (tertiary/aromatic N) is 4. The number of para-hydroxylation sites is 1. The number of anilines is 1. The third-order valence-corrected chi connectivity index (χ3v) is 4.68. The van der Waals surface area contributed by atoms with Crippen LogP contribution in [0.5, 0.6) is 5.75 Å². The Balaban J connectivity index is 1.71. The number of pyridine rings is 1. The molecule has 0 unspecified atom stereocenters. The van der Waals surface area contributed by atoms with Crippen molar-refractivity contribution in [1.82, 2.24) is 14.6 Å². The summed E-state index contributed by atoms with van der Waals surface area (Å²) >= 11 is 6.08. The molecule has 3 heterocycles. The molecule has 1 aliphatic rings. The second kappa shape index (κ2) is 5.97. The third kappa shape index (κ3) is 2.59. The monoisotopic (exact) mass is 356 g/mol. The van der Waals surface area contributed by atoms with Gasteiger partial charge in [0, 0.05) is 31.9 Å². The molecule has 0 radical (unpaired) electrons. The second-order valence-electron chi connectivity index (χ2n) is 5.92. The fourth-order valence-electron chi connectivity index (χ4n) is 3.21. The van der Waals surface area contributed by atoms with Gasteiger partial charge in [-0.05, 0) is 18.1 Å². The summed E-state index contributed by atoms with van der Waals surface area (Å²) in [5.41, 5.74) is 3.33. The van der Waals surface area contributed by atoms with Crippen molar-refractivity contribution in [3.05, 3.63) is 58.9 Å². The van der Waals surface area contributed by atoms with E-state index in [9.17, 15) is 4.79 Å². The molecule has 6 nitrogen and oxygen atoms in total. The number of benzene rings is 1. The summed E-state index contributed by atoms with van der Waals surface area (Å²) in [6.45, 7) is 0.609. The van der Waals surface area contributed by atoms with Gasteiger partial charge in [-0.15, -0.1) is 0 Å². The highest BCUT2D eigenvalue weighted by atomic mass is 35.5. The molecule has 1 amide bonds. The Bertz CT molecular complexity index is 969. The molecule has 4 rings (SSSR count). The normalized spacial score (nSPS) is 13.9. The molecule has 128 valence electrons. The van der Waals surface area contributed by atoms with Crippen LogP contribution in [-0.2, 0) is 6.42 Å². The van der Waals surface area contributed by atoms with Crippen LogP contribution in [0.15, 0.2) is 42.6 Å². The first-order valence-electron chi connectivity index (χ1n) is 7.95. The predicted octanol–water partition coefficient (Wildman–Crippen LogP) is 3.05. The topological polar surface area (TPSA) is 50.1 Å². The Morgan fingerprint density at radius 3 is 2.88 bits per heavy atom. The zero-order valence-corrected chi connectivity index (χ0v) is 14.7. The Kier molecular flexibility index (Phi) is 3.77. The van der Waals surface area contributed by atoms with E-state index in [1.54, 1.807) is 35.0 Å². The average Bonchev–Trinajstić information content (AvgIpc) is 3.05. The van der Waals surface area contributed by atoms with Gasteiger partial charge >= 0.3 is 0 Å². The Morgan fingerprint density at radius 1 is 1.28 bits per heavy atom. The molecule has 0 fully saturated rings. The number of ether oxygens (including phenoxy) is 1. The van der Waals surface area contributed by atoms with Gasteiger partial charge in [0.05, 0.1) is 17.8 Å². The molecule has 0 aliphatic carbocycles. The van der Waals surface area contributed by atoms with E-state index in [0.29, 0.717) is 28.5 Å². The van der Waals surface area contributed by atoms with Gasteiger partial charge in [-0.1, -0.05) is 29.8 Å². The van der Waals surface area contributed by atoms with Crippen LogP contribution in [0.25, 0.3) is 5.52 Å². The number of halogens is 1. The van der Waals surface area contributed by atoms with Crippen LogP contribution < -0.4 is 9.75 Å². The zero-order valence-electron chi connectivity index (χ0n) is 13.9. The number of methoxy groups -OCH3 is 1. The van der Waals surface area contributed by atoms with Crippen LogP contribution in [0, 0.1) is 0 Å². The maximum atomic E-state index is 13.0. The van der Waals surface area contributed by atoms with Crippen molar-refractivity contribution in [3.63, 3.8) is 0 Å². The largest absolute Gasteiger partial charge is 0.494 e. The molecule has 0 spiro atoms. The van der Waals surface area contributed by atoms with Crippen molar-refractivity contribution in [1.29, 1.82) is 0 Å². The summed E-state index contributed by atoms with van der Waals surface area (Å²) in [7, 11) is 3.46. The summed E-state index contributed by atoms with van der Waals surface area (Å²) in [4.78, 5) is 13.0. The molecule has 7 heteroatoms. The number of fused-ring (bicyclic) bond motifs is 2. The Morgan fingerprint density at radius 2 is 2.08 bits per heavy atom. The summed E-state index contributed by atoms with van der Waals surface area (Å²) in [5.74, 6) is 0.426. The fraction of sp³-hybridized carbons (Fsp3) is 0.222. The number of hydrazine groups is 1. The van der Waals surface area contributed by atoms with Gasteiger partial charge < -0.3 is 4.74 Å². The summed E-state index contributed by atoms with van der Waals surface area (Å²) in [6.07, 6.45) is 2.47. The van der Waals surface area contributed by atoms with Crippen LogP contribution >= 0.6 is 11.6 Å². The van der Waals surface area contributed by atoms with Crippen LogP contribution in [0.2, 0.25) is 5.02 Å². The Hall–Kier alpha value is -2.73. The SMILES string of the molecule is COc1cc(Cl)cn2nc(C(=O)N3CCc4ccccc4N3C)cc12. The molecule has 2 aromatic heterocycles. The van der Waals surface area contributed by atoms with Crippen LogP contribution in [-0.4, -0.2) is 41.2 Å². The molecule has 1 aromatic carbocycles. The lowest BCUT2D eigenvalue weighted by Gasteiger charge is -2.38. The summed E-state index contributed by atoms with van der Waals surface area (Å²) in [5, 5.41) is 8.47. The number of hydrogen-bond donors (Lipinski definition) is 0. The standard InChI is InChI=1S/C18H17ClN4O2/c1-21-15-6-4-3-5-12(15)7-8-23(21)18(24)14-10-16-17(25-2)9-13(19)11-22(16)20-14/h3-6,9-11H,7-8H2,1-2H3. The lowest BCUT2D eigenvalue weighted by Crippen LogP contribution is -2.48. The highest BCUT2D eigenvalue weighted by Gasteiger charge is 2.28. The van der Waals surface area contributed by atoms with E-state index in [0.717, 1.165) is 12.1 Å². The van der Waals surface area contributed by atoms with Crippen molar-refractivity contribution >= 4 is 28.7 Å². The molecular formula is C18H17ClN4O2. The zero-order chi connectivity index (χ0) is 17.6. The van der Waals surface area contributed by atoms with Crippen LogP contribution in [0.3, 0.4) is 0 Å². The lowest BCUT2D eigenvalue weighted by atomic mass is 10.1. The second-order valence-corrected chi connectivity index (χ2v) is 6.35. The number of aromatic nitrogens is 2. The van der Waals surface area contributed by atoms with Crippen molar-refractivity contribution < 1.29 is 9.53 Å². The molecule has 0 N–H and O–H groups in total. The minimum atomic E-state index is -0.154. The first kappa shape index (κ1) is 15.8. The van der Waals surface area contributed by atoms with Crippen LogP contribution in [0.1, 0.15) is 16.1 Å². The van der Waals surface area contributed by atoms with Crippen molar-refractivity contribution in [3.8, 4) is 5.75 Å². The summed E-state index contributed by atoms with van der Waals surface area (Å²) in [6, 6.07) is 11.5. The number of carbonyl (C=O) groups excluding carboxylic acids is 1. The van der Waals surface area contributed by atoms with Gasteiger partial charge in [0.25, 0.3) is 5.91 Å². The molecule has 3 aromatic rings. The maximum Gasteiger partial charge on any atom is 0.292 e. The van der Waals surface area contributed by atoms with E-state index in [2.05, 4.69) is 11.2 Å². The van der Waals surface area contributed by atoms with Gasteiger partial charge in [-0.3, -0.25) is 9.80 Å². The molecule has 0 bridgehead atoms. The van der Waals surface area contributed by atoms with E-state index >= 15 is 0 Å². The number of amides is 1. The van der Waals surface area contributed by atoms with Gasteiger partial charge in [0.15, 0.2) is 5.69 Å². The first-order chi connectivity index (χ1) is 12.1. The van der Waals surface area contributed by atoms with Gasteiger partial charge in [0.2, 0.25) is 0 Å². The third-order valence-electron chi connectivity index (χ3n) is 4.47. The number of carbonyl (C=O) groups is 1. The maximum absolute atomic E-state index is 13.0. The first-order valence-corrected chi connectivity index (χ1v) is 8.32. The summed E-state index contributed by atoms with van der Waals surface area (Å²) < 4.78 is 6.91. The minimum absolute atomic E-state index is 0.154. The van der Waals surface area contributed by atoms with Crippen LogP contribution in [0.4, 0.5) is 5.69 Å². The van der Waals surface area contributed by atoms with E-state index in [-0.39, 0.29) is 5.91 Å². The number of hydrogen-bond acceptors (Lipinski definition) is 4. The smallest absolute Gasteiger partial charge is 0.292 e. The molecule has 0 saturated carbocycles. The highest BCUT2D eigenvalue weighted by molar-refractivity contribution is 6.30.